The van der Waals surface area contributed by atoms with Gasteiger partial charge in [-0.05, 0) is 32.4 Å². The van der Waals surface area contributed by atoms with E-state index in [4.69, 9.17) is 0 Å². The summed E-state index contributed by atoms with van der Waals surface area (Å²) in [6.45, 7) is 4.52. The zero-order valence-electron chi connectivity index (χ0n) is 10.7. The van der Waals surface area contributed by atoms with Gasteiger partial charge in [0.1, 0.15) is 0 Å². The number of rotatable bonds is 6. The molecule has 1 N–H and O–H groups in total. The quantitative estimate of drug-likeness (QED) is 0.782. The van der Waals surface area contributed by atoms with Gasteiger partial charge < -0.3 is 5.32 Å². The summed E-state index contributed by atoms with van der Waals surface area (Å²) in [4.78, 5) is 1.61. The van der Waals surface area contributed by atoms with Crippen LogP contribution in [0.15, 0.2) is 0 Å². The van der Waals surface area contributed by atoms with Gasteiger partial charge in [0.05, 0.1) is 6.54 Å². The molecule has 0 aliphatic heterocycles. The summed E-state index contributed by atoms with van der Waals surface area (Å²) in [7, 11) is 0. The Morgan fingerprint density at radius 3 is 2.47 bits per heavy atom. The second-order valence-corrected chi connectivity index (χ2v) is 4.75. The average molecular weight is 252 g/mol. The van der Waals surface area contributed by atoms with Gasteiger partial charge >= 0.3 is 6.18 Å². The van der Waals surface area contributed by atoms with E-state index in [1.807, 2.05) is 13.8 Å². The van der Waals surface area contributed by atoms with E-state index in [1.165, 1.54) is 0 Å². The predicted octanol–water partition coefficient (Wildman–Crippen LogP) is 2.79. The molecule has 1 aliphatic rings. The molecule has 5 heteroatoms. The van der Waals surface area contributed by atoms with Gasteiger partial charge in [0.15, 0.2) is 0 Å². The molecule has 2 atom stereocenters. The van der Waals surface area contributed by atoms with Gasteiger partial charge in [-0.3, -0.25) is 4.90 Å². The summed E-state index contributed by atoms with van der Waals surface area (Å²) in [5.41, 5.74) is 0. The Balaban J connectivity index is 2.61. The van der Waals surface area contributed by atoms with Crippen LogP contribution < -0.4 is 5.32 Å². The highest BCUT2D eigenvalue weighted by Gasteiger charge is 2.37. The van der Waals surface area contributed by atoms with E-state index in [2.05, 4.69) is 5.32 Å². The third-order valence-corrected chi connectivity index (χ3v) is 3.31. The van der Waals surface area contributed by atoms with Crippen LogP contribution >= 0.6 is 0 Å². The minimum atomic E-state index is -4.09. The minimum Gasteiger partial charge on any atom is -0.313 e. The highest BCUT2D eigenvalue weighted by Crippen LogP contribution is 2.27. The molecular formula is C12H23F3N2. The number of halogens is 3. The molecule has 0 spiro atoms. The fraction of sp³-hybridized carbons (Fsp3) is 1.00. The lowest BCUT2D eigenvalue weighted by atomic mass is 10.1. The number of likely N-dealkylation sites (N-methyl/N-ethyl adjacent to an activating group) is 1. The van der Waals surface area contributed by atoms with Gasteiger partial charge in [-0.2, -0.15) is 13.2 Å². The van der Waals surface area contributed by atoms with Crippen LogP contribution in [0, 0.1) is 0 Å². The van der Waals surface area contributed by atoms with Crippen LogP contribution in [-0.2, 0) is 0 Å². The lowest BCUT2D eigenvalue weighted by molar-refractivity contribution is -0.151. The smallest absolute Gasteiger partial charge is 0.313 e. The van der Waals surface area contributed by atoms with E-state index in [0.717, 1.165) is 32.2 Å². The van der Waals surface area contributed by atoms with E-state index in [9.17, 15) is 13.2 Å². The van der Waals surface area contributed by atoms with Gasteiger partial charge in [0, 0.05) is 12.1 Å². The van der Waals surface area contributed by atoms with Crippen molar-refractivity contribution < 1.29 is 13.2 Å². The van der Waals surface area contributed by atoms with Crippen LogP contribution in [0.25, 0.3) is 0 Å². The molecule has 0 radical (unpaired) electrons. The van der Waals surface area contributed by atoms with Crippen LogP contribution in [0.2, 0.25) is 0 Å². The van der Waals surface area contributed by atoms with Crippen molar-refractivity contribution in [3.8, 4) is 0 Å². The Morgan fingerprint density at radius 2 is 1.94 bits per heavy atom. The van der Waals surface area contributed by atoms with Crippen molar-refractivity contribution in [3.63, 3.8) is 0 Å². The van der Waals surface area contributed by atoms with E-state index >= 15 is 0 Å². The lowest BCUT2D eigenvalue weighted by Gasteiger charge is -2.33. The van der Waals surface area contributed by atoms with Crippen molar-refractivity contribution in [1.29, 1.82) is 0 Å². The fourth-order valence-corrected chi connectivity index (χ4v) is 2.76. The van der Waals surface area contributed by atoms with E-state index in [0.29, 0.717) is 6.54 Å². The Morgan fingerprint density at radius 1 is 1.24 bits per heavy atom. The highest BCUT2D eigenvalue weighted by molar-refractivity contribution is 4.90. The van der Waals surface area contributed by atoms with Gasteiger partial charge in [-0.1, -0.05) is 20.3 Å². The maximum absolute atomic E-state index is 12.5. The molecule has 1 saturated carbocycles. The van der Waals surface area contributed by atoms with E-state index < -0.39 is 12.7 Å². The highest BCUT2D eigenvalue weighted by atomic mass is 19.4. The Hall–Kier alpha value is -0.290. The van der Waals surface area contributed by atoms with Gasteiger partial charge in [0.2, 0.25) is 0 Å². The monoisotopic (exact) mass is 252 g/mol. The van der Waals surface area contributed by atoms with Crippen LogP contribution in [0.3, 0.4) is 0 Å². The molecule has 1 fully saturated rings. The number of hydrogen-bond acceptors (Lipinski definition) is 2. The van der Waals surface area contributed by atoms with Crippen LogP contribution in [0.1, 0.15) is 39.5 Å². The molecule has 0 amide bonds. The third kappa shape index (κ3) is 4.84. The lowest BCUT2D eigenvalue weighted by Crippen LogP contribution is -2.50. The number of nitrogens with one attached hydrogen (secondary N) is 1. The summed E-state index contributed by atoms with van der Waals surface area (Å²) in [5.74, 6) is 0. The number of nitrogens with zero attached hydrogens (tertiary/aromatic N) is 1. The minimum absolute atomic E-state index is 0.0523. The summed E-state index contributed by atoms with van der Waals surface area (Å²) >= 11 is 0. The first-order chi connectivity index (χ1) is 7.98. The molecule has 102 valence electrons. The Bertz CT molecular complexity index is 218. The third-order valence-electron chi connectivity index (χ3n) is 3.31. The molecule has 2 nitrogen and oxygen atoms in total. The van der Waals surface area contributed by atoms with Crippen LogP contribution in [0.5, 0.6) is 0 Å². The van der Waals surface area contributed by atoms with Gasteiger partial charge in [-0.25, -0.2) is 0 Å². The molecule has 0 aromatic carbocycles. The van der Waals surface area contributed by atoms with Crippen LogP contribution in [-0.4, -0.2) is 42.8 Å². The van der Waals surface area contributed by atoms with E-state index in [-0.39, 0.29) is 12.1 Å². The van der Waals surface area contributed by atoms with Crippen molar-refractivity contribution in [2.24, 2.45) is 0 Å². The summed E-state index contributed by atoms with van der Waals surface area (Å²) in [6, 6.07) is 0.283. The van der Waals surface area contributed by atoms with Crippen molar-refractivity contribution >= 4 is 0 Å². The second-order valence-electron chi connectivity index (χ2n) is 4.75. The molecule has 0 heterocycles. The molecule has 0 bridgehead atoms. The fourth-order valence-electron chi connectivity index (χ4n) is 2.76. The molecular weight excluding hydrogens is 229 g/mol. The molecule has 1 aliphatic carbocycles. The SMILES string of the molecule is CCCN(CC(F)(F)F)C1CCCC1NCC. The van der Waals surface area contributed by atoms with Gasteiger partial charge in [0.25, 0.3) is 0 Å². The Kier molecular flexibility index (Phi) is 5.73. The van der Waals surface area contributed by atoms with Gasteiger partial charge in [-0.15, -0.1) is 0 Å². The number of hydrogen-bond donors (Lipinski definition) is 1. The first-order valence-corrected chi connectivity index (χ1v) is 6.52. The average Bonchev–Trinajstić information content (AvgIpc) is 2.64. The van der Waals surface area contributed by atoms with Crippen LogP contribution in [0.4, 0.5) is 13.2 Å². The van der Waals surface area contributed by atoms with Crippen molar-refractivity contribution in [3.05, 3.63) is 0 Å². The molecule has 2 unspecified atom stereocenters. The topological polar surface area (TPSA) is 15.3 Å². The zero-order chi connectivity index (χ0) is 12.9. The van der Waals surface area contributed by atoms with Crippen molar-refractivity contribution in [2.75, 3.05) is 19.6 Å². The van der Waals surface area contributed by atoms with Crippen molar-refractivity contribution in [1.82, 2.24) is 10.2 Å². The summed E-state index contributed by atoms with van der Waals surface area (Å²) in [6.07, 6.45) is -0.412. The zero-order valence-corrected chi connectivity index (χ0v) is 10.7. The van der Waals surface area contributed by atoms with E-state index in [1.54, 1.807) is 4.90 Å². The molecule has 0 aromatic rings. The molecule has 0 saturated heterocycles. The second kappa shape index (κ2) is 6.59. The molecule has 0 aromatic heterocycles. The maximum Gasteiger partial charge on any atom is 0.401 e. The number of alkyl halides is 3. The Labute approximate surface area is 102 Å². The molecule has 17 heavy (non-hydrogen) atoms. The first kappa shape index (κ1) is 14.8. The predicted molar refractivity (Wildman–Crippen MR) is 63.0 cm³/mol. The summed E-state index contributed by atoms with van der Waals surface area (Å²) < 4.78 is 37.6. The molecule has 1 rings (SSSR count). The van der Waals surface area contributed by atoms with Crippen molar-refractivity contribution in [2.45, 2.75) is 57.8 Å². The normalized spacial score (nSPS) is 25.8. The maximum atomic E-state index is 12.5. The first-order valence-electron chi connectivity index (χ1n) is 6.52. The largest absolute Gasteiger partial charge is 0.401 e. The summed E-state index contributed by atoms with van der Waals surface area (Å²) in [5, 5.41) is 3.31. The standard InChI is InChI=1S/C12H23F3N2/c1-3-8-17(9-12(13,14)15)11-7-5-6-10(11)16-4-2/h10-11,16H,3-9H2,1-2H3.